The average Bonchev–Trinajstić information content (AvgIpc) is 2.39. The normalized spacial score (nSPS) is 10.9. The molecule has 0 fully saturated rings. The van der Waals surface area contributed by atoms with Gasteiger partial charge in [-0.05, 0) is 48.7 Å². The molecule has 90 valence electrons. The van der Waals surface area contributed by atoms with Gasteiger partial charge in [0.05, 0.1) is 11.5 Å². The van der Waals surface area contributed by atoms with Gasteiger partial charge in [0.15, 0.2) is 0 Å². The van der Waals surface area contributed by atoms with Gasteiger partial charge < -0.3 is 5.73 Å². The standard InChI is InChI=1S/C16H16N2/c1-16(2,11-17)14-8-13(9-15(18)10-14)12-6-4-3-5-7-12/h3-10H,18H2,1-2H3. The zero-order chi connectivity index (χ0) is 13.2. The molecule has 0 saturated carbocycles. The Hall–Kier alpha value is -2.27. The van der Waals surface area contributed by atoms with Crippen molar-refractivity contribution < 1.29 is 0 Å². The summed E-state index contributed by atoms with van der Waals surface area (Å²) < 4.78 is 0. The number of hydrogen-bond donors (Lipinski definition) is 1. The lowest BCUT2D eigenvalue weighted by atomic mass is 9.84. The van der Waals surface area contributed by atoms with E-state index in [1.807, 2.05) is 62.4 Å². The van der Waals surface area contributed by atoms with Crippen molar-refractivity contribution >= 4 is 5.69 Å². The number of rotatable bonds is 2. The summed E-state index contributed by atoms with van der Waals surface area (Å²) in [6.07, 6.45) is 0. The van der Waals surface area contributed by atoms with Crippen LogP contribution < -0.4 is 5.73 Å². The van der Waals surface area contributed by atoms with Gasteiger partial charge in [0, 0.05) is 5.69 Å². The molecule has 0 unspecified atom stereocenters. The van der Waals surface area contributed by atoms with Crippen molar-refractivity contribution in [2.75, 3.05) is 5.73 Å². The molecule has 0 aliphatic carbocycles. The number of hydrogen-bond acceptors (Lipinski definition) is 2. The molecule has 2 nitrogen and oxygen atoms in total. The molecular weight excluding hydrogens is 220 g/mol. The lowest BCUT2D eigenvalue weighted by molar-refractivity contribution is 0.687. The summed E-state index contributed by atoms with van der Waals surface area (Å²) >= 11 is 0. The van der Waals surface area contributed by atoms with Crippen LogP contribution in [0.25, 0.3) is 11.1 Å². The molecule has 0 bridgehead atoms. The Morgan fingerprint density at radius 3 is 2.28 bits per heavy atom. The Labute approximate surface area is 108 Å². The summed E-state index contributed by atoms with van der Waals surface area (Å²) in [5.41, 5.74) is 9.21. The van der Waals surface area contributed by atoms with E-state index in [0.29, 0.717) is 5.69 Å². The largest absolute Gasteiger partial charge is 0.399 e. The predicted octanol–water partition coefficient (Wildman–Crippen LogP) is 3.74. The summed E-state index contributed by atoms with van der Waals surface area (Å²) in [6, 6.07) is 18.2. The maximum Gasteiger partial charge on any atom is 0.0767 e. The maximum absolute atomic E-state index is 9.21. The maximum atomic E-state index is 9.21. The second-order valence-electron chi connectivity index (χ2n) is 4.95. The zero-order valence-corrected chi connectivity index (χ0v) is 10.6. The SMILES string of the molecule is CC(C)(C#N)c1cc(N)cc(-c2ccccc2)c1. The van der Waals surface area contributed by atoms with Crippen molar-refractivity contribution in [3.63, 3.8) is 0 Å². The number of anilines is 1. The molecule has 2 heteroatoms. The molecule has 0 radical (unpaired) electrons. The van der Waals surface area contributed by atoms with E-state index in [-0.39, 0.29) is 0 Å². The van der Waals surface area contributed by atoms with Gasteiger partial charge in [0.2, 0.25) is 0 Å². The Morgan fingerprint density at radius 2 is 1.67 bits per heavy atom. The summed E-state index contributed by atoms with van der Waals surface area (Å²) in [5, 5.41) is 9.21. The van der Waals surface area contributed by atoms with Crippen LogP contribution in [0.2, 0.25) is 0 Å². The van der Waals surface area contributed by atoms with Gasteiger partial charge in [-0.3, -0.25) is 0 Å². The summed E-state index contributed by atoms with van der Waals surface area (Å²) in [6.45, 7) is 3.80. The van der Waals surface area contributed by atoms with Gasteiger partial charge in [0.1, 0.15) is 0 Å². The smallest absolute Gasteiger partial charge is 0.0767 e. The van der Waals surface area contributed by atoms with E-state index in [4.69, 9.17) is 5.73 Å². The first kappa shape index (κ1) is 12.2. The molecule has 0 atom stereocenters. The molecule has 0 saturated heterocycles. The minimum Gasteiger partial charge on any atom is -0.399 e. The Bertz CT molecular complexity index is 592. The molecule has 2 aromatic carbocycles. The number of nitrogens with zero attached hydrogens (tertiary/aromatic N) is 1. The highest BCUT2D eigenvalue weighted by Crippen LogP contribution is 2.30. The first-order chi connectivity index (χ1) is 8.53. The molecule has 0 spiro atoms. The first-order valence-electron chi connectivity index (χ1n) is 5.91. The third-order valence-electron chi connectivity index (χ3n) is 3.06. The molecule has 0 aliphatic heterocycles. The van der Waals surface area contributed by atoms with Crippen LogP contribution in [0.3, 0.4) is 0 Å². The second-order valence-corrected chi connectivity index (χ2v) is 4.95. The monoisotopic (exact) mass is 236 g/mol. The van der Waals surface area contributed by atoms with Crippen LogP contribution in [-0.4, -0.2) is 0 Å². The molecule has 2 aromatic rings. The van der Waals surface area contributed by atoms with Gasteiger partial charge >= 0.3 is 0 Å². The van der Waals surface area contributed by atoms with Crippen molar-refractivity contribution in [1.29, 1.82) is 5.26 Å². The van der Waals surface area contributed by atoms with E-state index in [2.05, 4.69) is 6.07 Å². The summed E-state index contributed by atoms with van der Waals surface area (Å²) in [4.78, 5) is 0. The van der Waals surface area contributed by atoms with Crippen LogP contribution in [0.5, 0.6) is 0 Å². The molecule has 0 aromatic heterocycles. The first-order valence-corrected chi connectivity index (χ1v) is 5.91. The van der Waals surface area contributed by atoms with Crippen LogP contribution in [0.1, 0.15) is 19.4 Å². The van der Waals surface area contributed by atoms with E-state index < -0.39 is 5.41 Å². The number of nitrogens with two attached hydrogens (primary N) is 1. The van der Waals surface area contributed by atoms with Crippen molar-refractivity contribution in [2.45, 2.75) is 19.3 Å². The van der Waals surface area contributed by atoms with Crippen LogP contribution >= 0.6 is 0 Å². The Kier molecular flexibility index (Phi) is 3.08. The molecule has 0 aliphatic rings. The van der Waals surface area contributed by atoms with E-state index in [1.165, 1.54) is 0 Å². The quantitative estimate of drug-likeness (QED) is 0.807. The van der Waals surface area contributed by atoms with Gasteiger partial charge in [0.25, 0.3) is 0 Å². The van der Waals surface area contributed by atoms with Gasteiger partial charge in [-0.25, -0.2) is 0 Å². The van der Waals surface area contributed by atoms with Crippen molar-refractivity contribution in [3.05, 3.63) is 54.1 Å². The second kappa shape index (κ2) is 4.54. The van der Waals surface area contributed by atoms with Gasteiger partial charge in [-0.15, -0.1) is 0 Å². The lowest BCUT2D eigenvalue weighted by Gasteiger charge is -2.18. The van der Waals surface area contributed by atoms with Crippen molar-refractivity contribution in [3.8, 4) is 17.2 Å². The minimum absolute atomic E-state index is 0.529. The summed E-state index contributed by atoms with van der Waals surface area (Å²) in [7, 11) is 0. The molecule has 2 N–H and O–H groups in total. The summed E-state index contributed by atoms with van der Waals surface area (Å²) in [5.74, 6) is 0. The molecule has 18 heavy (non-hydrogen) atoms. The number of benzene rings is 2. The van der Waals surface area contributed by atoms with Crippen LogP contribution in [0, 0.1) is 11.3 Å². The average molecular weight is 236 g/mol. The molecular formula is C16H16N2. The van der Waals surface area contributed by atoms with Crippen LogP contribution in [0.15, 0.2) is 48.5 Å². The topological polar surface area (TPSA) is 49.8 Å². The van der Waals surface area contributed by atoms with Crippen molar-refractivity contribution in [2.24, 2.45) is 0 Å². The molecule has 0 amide bonds. The highest BCUT2D eigenvalue weighted by atomic mass is 14.5. The van der Waals surface area contributed by atoms with Crippen molar-refractivity contribution in [1.82, 2.24) is 0 Å². The zero-order valence-electron chi connectivity index (χ0n) is 10.6. The van der Waals surface area contributed by atoms with Gasteiger partial charge in [-0.2, -0.15) is 5.26 Å². The predicted molar refractivity (Wildman–Crippen MR) is 74.9 cm³/mol. The molecule has 2 rings (SSSR count). The van der Waals surface area contributed by atoms with E-state index in [0.717, 1.165) is 16.7 Å². The van der Waals surface area contributed by atoms with E-state index in [9.17, 15) is 5.26 Å². The fourth-order valence-corrected chi connectivity index (χ4v) is 1.87. The Balaban J connectivity index is 2.56. The van der Waals surface area contributed by atoms with Gasteiger partial charge in [-0.1, -0.05) is 30.3 Å². The molecule has 0 heterocycles. The number of nitrogen functional groups attached to an aromatic ring is 1. The highest BCUT2D eigenvalue weighted by Gasteiger charge is 2.20. The minimum atomic E-state index is -0.529. The fourth-order valence-electron chi connectivity index (χ4n) is 1.87. The lowest BCUT2D eigenvalue weighted by Crippen LogP contribution is -2.14. The Morgan fingerprint density at radius 1 is 1.00 bits per heavy atom. The third-order valence-corrected chi connectivity index (χ3v) is 3.06. The fraction of sp³-hybridized carbons (Fsp3) is 0.188. The van der Waals surface area contributed by atoms with Crippen LogP contribution in [-0.2, 0) is 5.41 Å². The van der Waals surface area contributed by atoms with E-state index >= 15 is 0 Å². The van der Waals surface area contributed by atoms with E-state index in [1.54, 1.807) is 0 Å². The highest BCUT2D eigenvalue weighted by molar-refractivity contribution is 5.69. The number of nitriles is 1. The van der Waals surface area contributed by atoms with Crippen LogP contribution in [0.4, 0.5) is 5.69 Å². The third kappa shape index (κ3) is 2.36.